The summed E-state index contributed by atoms with van der Waals surface area (Å²) in [5, 5.41) is 12.0. The van der Waals surface area contributed by atoms with Gasteiger partial charge in [0.05, 0.1) is 5.41 Å². The van der Waals surface area contributed by atoms with Crippen molar-refractivity contribution >= 4 is 5.97 Å². The van der Waals surface area contributed by atoms with Crippen LogP contribution in [0.25, 0.3) is 0 Å². The van der Waals surface area contributed by atoms with E-state index in [-0.39, 0.29) is 0 Å². The van der Waals surface area contributed by atoms with Crippen LogP contribution in [0.15, 0.2) is 0 Å². The van der Waals surface area contributed by atoms with Gasteiger partial charge in [0.2, 0.25) is 0 Å². The first-order chi connectivity index (χ1) is 6.56. The molecule has 0 aromatic carbocycles. The van der Waals surface area contributed by atoms with E-state index in [0.29, 0.717) is 12.8 Å². The molecule has 0 aromatic rings. The van der Waals surface area contributed by atoms with Crippen LogP contribution >= 0.6 is 0 Å². The molecular weight excluding hydrogens is 178 g/mol. The maximum absolute atomic E-state index is 10.8. The van der Waals surface area contributed by atoms with Crippen molar-refractivity contribution < 1.29 is 9.90 Å². The fraction of sp³-hybridized carbons (Fsp3) is 0.909. The molecule has 1 unspecified atom stereocenters. The molecule has 0 aliphatic carbocycles. The number of nitrogens with one attached hydrogen (secondary N) is 1. The van der Waals surface area contributed by atoms with E-state index in [2.05, 4.69) is 5.32 Å². The molecule has 0 bridgehead atoms. The highest BCUT2D eigenvalue weighted by molar-refractivity contribution is 5.73. The molecule has 86 valence electrons. The first kappa shape index (κ1) is 15.9. The molecule has 2 N–H and O–H groups in total. The maximum Gasteiger partial charge on any atom is 0.309 e. The van der Waals surface area contributed by atoms with Crippen LogP contribution in [0.5, 0.6) is 0 Å². The number of rotatable bonds is 6. The van der Waals surface area contributed by atoms with Gasteiger partial charge in [-0.15, -0.1) is 0 Å². The van der Waals surface area contributed by atoms with Gasteiger partial charge in [0.25, 0.3) is 0 Å². The van der Waals surface area contributed by atoms with Crippen LogP contribution in [0, 0.1) is 5.41 Å². The fourth-order valence-electron chi connectivity index (χ4n) is 0.976. The summed E-state index contributed by atoms with van der Waals surface area (Å²) in [5.74, 6) is -0.692. The Morgan fingerprint density at radius 2 is 1.86 bits per heavy atom. The van der Waals surface area contributed by atoms with Crippen molar-refractivity contribution in [2.45, 2.75) is 47.5 Å². The number of hydrogen-bond donors (Lipinski definition) is 2. The molecule has 0 amide bonds. The zero-order valence-electron chi connectivity index (χ0n) is 10.2. The number of carbonyl (C=O) groups is 1. The van der Waals surface area contributed by atoms with Gasteiger partial charge in [-0.25, -0.2) is 0 Å². The Balaban J connectivity index is 0. The van der Waals surface area contributed by atoms with Gasteiger partial charge in [-0.05, 0) is 32.9 Å². The third-order valence-electron chi connectivity index (χ3n) is 2.40. The molecule has 0 saturated heterocycles. The average Bonchev–Trinajstić information content (AvgIpc) is 2.20. The van der Waals surface area contributed by atoms with E-state index in [1.807, 2.05) is 27.7 Å². The number of hydrogen-bond acceptors (Lipinski definition) is 2. The summed E-state index contributed by atoms with van der Waals surface area (Å²) in [4.78, 5) is 10.8. The summed E-state index contributed by atoms with van der Waals surface area (Å²) in [6, 6.07) is 0. The summed E-state index contributed by atoms with van der Waals surface area (Å²) in [6.45, 7) is 11.4. The largest absolute Gasteiger partial charge is 0.481 e. The van der Waals surface area contributed by atoms with Gasteiger partial charge in [0, 0.05) is 0 Å². The minimum Gasteiger partial charge on any atom is -0.481 e. The Hall–Kier alpha value is -0.570. The maximum atomic E-state index is 10.8. The van der Waals surface area contributed by atoms with Crippen LogP contribution in [0.2, 0.25) is 0 Å². The molecule has 0 radical (unpaired) electrons. The first-order valence-electron chi connectivity index (χ1n) is 5.51. The predicted octanol–water partition coefficient (Wildman–Crippen LogP) is 2.51. The lowest BCUT2D eigenvalue weighted by molar-refractivity contribution is -0.148. The molecule has 0 spiro atoms. The SMILES string of the molecule is CC.CCNCCC(C)(CC)C(=O)O. The van der Waals surface area contributed by atoms with E-state index in [4.69, 9.17) is 5.11 Å². The zero-order chi connectivity index (χ0) is 11.6. The van der Waals surface area contributed by atoms with Crippen LogP contribution < -0.4 is 5.32 Å². The van der Waals surface area contributed by atoms with Crippen LogP contribution in [0.3, 0.4) is 0 Å². The minimum atomic E-state index is -0.692. The number of aliphatic carboxylic acids is 1. The quantitative estimate of drug-likeness (QED) is 0.652. The molecule has 3 heteroatoms. The van der Waals surface area contributed by atoms with Crippen molar-refractivity contribution in [2.75, 3.05) is 13.1 Å². The van der Waals surface area contributed by atoms with Crippen LogP contribution in [-0.4, -0.2) is 24.2 Å². The van der Waals surface area contributed by atoms with Gasteiger partial charge < -0.3 is 10.4 Å². The molecule has 1 atom stereocenters. The van der Waals surface area contributed by atoms with Crippen molar-refractivity contribution in [2.24, 2.45) is 5.41 Å². The van der Waals surface area contributed by atoms with E-state index >= 15 is 0 Å². The molecule has 0 saturated carbocycles. The summed E-state index contributed by atoms with van der Waals surface area (Å²) >= 11 is 0. The third kappa shape index (κ3) is 5.97. The van der Waals surface area contributed by atoms with Crippen molar-refractivity contribution in [1.82, 2.24) is 5.32 Å². The highest BCUT2D eigenvalue weighted by Gasteiger charge is 2.29. The van der Waals surface area contributed by atoms with E-state index < -0.39 is 11.4 Å². The van der Waals surface area contributed by atoms with Crippen molar-refractivity contribution in [3.8, 4) is 0 Å². The van der Waals surface area contributed by atoms with Crippen LogP contribution in [0.4, 0.5) is 0 Å². The fourth-order valence-corrected chi connectivity index (χ4v) is 0.976. The minimum absolute atomic E-state index is 0.553. The first-order valence-corrected chi connectivity index (χ1v) is 5.51. The van der Waals surface area contributed by atoms with Gasteiger partial charge in [-0.1, -0.05) is 27.7 Å². The predicted molar refractivity (Wildman–Crippen MR) is 60.5 cm³/mol. The van der Waals surface area contributed by atoms with E-state index in [0.717, 1.165) is 13.1 Å². The summed E-state index contributed by atoms with van der Waals surface area (Å²) in [6.07, 6.45) is 1.39. The second kappa shape index (κ2) is 9.00. The number of carboxylic acid groups (broad SMARTS) is 1. The van der Waals surface area contributed by atoms with Crippen molar-refractivity contribution in [3.05, 3.63) is 0 Å². The summed E-state index contributed by atoms with van der Waals surface area (Å²) < 4.78 is 0. The zero-order valence-corrected chi connectivity index (χ0v) is 10.2. The molecule has 0 aliphatic heterocycles. The van der Waals surface area contributed by atoms with Gasteiger partial charge in [0.1, 0.15) is 0 Å². The Morgan fingerprint density at radius 1 is 1.36 bits per heavy atom. The van der Waals surface area contributed by atoms with Gasteiger partial charge in [0.15, 0.2) is 0 Å². The lowest BCUT2D eigenvalue weighted by Gasteiger charge is -2.22. The molecule has 0 fully saturated rings. The Kier molecular flexibility index (Phi) is 10.2. The third-order valence-corrected chi connectivity index (χ3v) is 2.40. The Morgan fingerprint density at radius 3 is 2.14 bits per heavy atom. The molecule has 0 aromatic heterocycles. The highest BCUT2D eigenvalue weighted by atomic mass is 16.4. The second-order valence-electron chi connectivity index (χ2n) is 3.32. The molecule has 0 rings (SSSR count). The van der Waals surface area contributed by atoms with Crippen LogP contribution in [-0.2, 0) is 4.79 Å². The van der Waals surface area contributed by atoms with E-state index in [9.17, 15) is 4.79 Å². The van der Waals surface area contributed by atoms with Gasteiger partial charge >= 0.3 is 5.97 Å². The van der Waals surface area contributed by atoms with E-state index in [1.54, 1.807) is 6.92 Å². The monoisotopic (exact) mass is 203 g/mol. The molecule has 3 nitrogen and oxygen atoms in total. The Labute approximate surface area is 87.9 Å². The smallest absolute Gasteiger partial charge is 0.309 e. The molecule has 14 heavy (non-hydrogen) atoms. The van der Waals surface area contributed by atoms with Crippen molar-refractivity contribution in [3.63, 3.8) is 0 Å². The van der Waals surface area contributed by atoms with Crippen LogP contribution in [0.1, 0.15) is 47.5 Å². The topological polar surface area (TPSA) is 49.3 Å². The van der Waals surface area contributed by atoms with Crippen molar-refractivity contribution in [1.29, 1.82) is 0 Å². The second-order valence-corrected chi connectivity index (χ2v) is 3.32. The lowest BCUT2D eigenvalue weighted by Crippen LogP contribution is -2.31. The molecule has 0 heterocycles. The summed E-state index contributed by atoms with van der Waals surface area (Å²) in [7, 11) is 0. The van der Waals surface area contributed by atoms with E-state index in [1.165, 1.54) is 0 Å². The molecule has 0 aliphatic rings. The van der Waals surface area contributed by atoms with Gasteiger partial charge in [-0.2, -0.15) is 0 Å². The molecular formula is C11H25NO2. The summed E-state index contributed by atoms with van der Waals surface area (Å²) in [5.41, 5.74) is -0.553. The standard InChI is InChI=1S/C9H19NO2.C2H6/c1-4-9(3,8(11)12)6-7-10-5-2;1-2/h10H,4-7H2,1-3H3,(H,11,12);1-2H3. The highest BCUT2D eigenvalue weighted by Crippen LogP contribution is 2.24. The normalized spacial score (nSPS) is 13.8. The average molecular weight is 203 g/mol. The number of carboxylic acids is 1. The van der Waals surface area contributed by atoms with Gasteiger partial charge in [-0.3, -0.25) is 4.79 Å². The Bertz CT molecular complexity index is 148. The lowest BCUT2D eigenvalue weighted by atomic mass is 9.84.